The summed E-state index contributed by atoms with van der Waals surface area (Å²) >= 11 is 0. The summed E-state index contributed by atoms with van der Waals surface area (Å²) < 4.78 is 5.65. The zero-order valence-corrected chi connectivity index (χ0v) is 8.98. The van der Waals surface area contributed by atoms with Gasteiger partial charge in [0.2, 0.25) is 0 Å². The molecule has 0 N–H and O–H groups in total. The topological polar surface area (TPSA) is 26.3 Å². The maximum atomic E-state index is 10.4. The Morgan fingerprint density at radius 1 is 1.40 bits per heavy atom. The molecule has 1 aromatic carbocycles. The van der Waals surface area contributed by atoms with Gasteiger partial charge in [0.1, 0.15) is 12.0 Å². The summed E-state index contributed by atoms with van der Waals surface area (Å²) in [6.07, 6.45) is 4.37. The molecule has 0 aliphatic heterocycles. The number of ether oxygens (including phenoxy) is 1. The normalized spacial score (nSPS) is 17.1. The lowest BCUT2D eigenvalue weighted by molar-refractivity contribution is -0.108. The SMILES string of the molecule is CC(CC=O)c1ccc(OC2CC2)cc1. The minimum atomic E-state index is 0.303. The van der Waals surface area contributed by atoms with E-state index in [9.17, 15) is 4.79 Å². The molecule has 1 atom stereocenters. The third-order valence-corrected chi connectivity index (χ3v) is 2.73. The lowest BCUT2D eigenvalue weighted by Gasteiger charge is -2.09. The average molecular weight is 204 g/mol. The molecule has 15 heavy (non-hydrogen) atoms. The number of rotatable bonds is 5. The van der Waals surface area contributed by atoms with Gasteiger partial charge in [0.05, 0.1) is 6.10 Å². The third kappa shape index (κ3) is 2.82. The summed E-state index contributed by atoms with van der Waals surface area (Å²) in [5.74, 6) is 1.25. The van der Waals surface area contributed by atoms with E-state index in [1.54, 1.807) is 0 Å². The van der Waals surface area contributed by atoms with E-state index in [1.807, 2.05) is 24.3 Å². The van der Waals surface area contributed by atoms with Gasteiger partial charge in [-0.25, -0.2) is 0 Å². The number of carbonyl (C=O) groups is 1. The van der Waals surface area contributed by atoms with Crippen LogP contribution in [0.4, 0.5) is 0 Å². The second kappa shape index (κ2) is 4.47. The van der Waals surface area contributed by atoms with Crippen LogP contribution in [0, 0.1) is 0 Å². The summed E-state index contributed by atoms with van der Waals surface area (Å²) in [7, 11) is 0. The number of benzene rings is 1. The molecule has 0 radical (unpaired) electrons. The Hall–Kier alpha value is -1.31. The van der Waals surface area contributed by atoms with E-state index in [0.717, 1.165) is 12.0 Å². The van der Waals surface area contributed by atoms with E-state index in [-0.39, 0.29) is 0 Å². The maximum Gasteiger partial charge on any atom is 0.120 e. The lowest BCUT2D eigenvalue weighted by Crippen LogP contribution is -1.97. The fourth-order valence-electron chi connectivity index (χ4n) is 1.53. The molecular formula is C13H16O2. The summed E-state index contributed by atoms with van der Waals surface area (Å²) in [6, 6.07) is 8.08. The van der Waals surface area contributed by atoms with Crippen molar-refractivity contribution in [2.75, 3.05) is 0 Å². The van der Waals surface area contributed by atoms with Gasteiger partial charge in [-0.05, 0) is 36.5 Å². The molecule has 1 saturated carbocycles. The molecule has 2 rings (SSSR count). The molecule has 0 aromatic heterocycles. The van der Waals surface area contributed by atoms with Gasteiger partial charge in [-0.1, -0.05) is 19.1 Å². The smallest absolute Gasteiger partial charge is 0.120 e. The van der Waals surface area contributed by atoms with Gasteiger partial charge in [0, 0.05) is 6.42 Å². The van der Waals surface area contributed by atoms with E-state index in [1.165, 1.54) is 18.4 Å². The first kappa shape index (κ1) is 10.2. The standard InChI is InChI=1S/C13H16O2/c1-10(8-9-14)11-2-4-12(5-3-11)15-13-6-7-13/h2-5,9-10,13H,6-8H2,1H3. The van der Waals surface area contributed by atoms with Crippen LogP contribution in [0.5, 0.6) is 5.75 Å². The molecule has 0 spiro atoms. The quantitative estimate of drug-likeness (QED) is 0.689. The summed E-state index contributed by atoms with van der Waals surface area (Å²) in [5.41, 5.74) is 1.20. The van der Waals surface area contributed by atoms with Crippen molar-refractivity contribution < 1.29 is 9.53 Å². The highest BCUT2D eigenvalue weighted by atomic mass is 16.5. The van der Waals surface area contributed by atoms with Crippen LogP contribution in [0.15, 0.2) is 24.3 Å². The van der Waals surface area contributed by atoms with Crippen molar-refractivity contribution in [3.63, 3.8) is 0 Å². The van der Waals surface area contributed by atoms with E-state index in [4.69, 9.17) is 4.74 Å². The molecule has 0 bridgehead atoms. The monoisotopic (exact) mass is 204 g/mol. The molecule has 2 heteroatoms. The molecule has 80 valence electrons. The zero-order chi connectivity index (χ0) is 10.7. The largest absolute Gasteiger partial charge is 0.490 e. The third-order valence-electron chi connectivity index (χ3n) is 2.73. The number of hydrogen-bond donors (Lipinski definition) is 0. The van der Waals surface area contributed by atoms with Crippen LogP contribution < -0.4 is 4.74 Å². The zero-order valence-electron chi connectivity index (χ0n) is 8.98. The van der Waals surface area contributed by atoms with Crippen LogP contribution in [-0.2, 0) is 4.79 Å². The van der Waals surface area contributed by atoms with Gasteiger partial charge in [-0.15, -0.1) is 0 Å². The van der Waals surface area contributed by atoms with Crippen LogP contribution in [0.3, 0.4) is 0 Å². The predicted molar refractivity (Wildman–Crippen MR) is 59.2 cm³/mol. The van der Waals surface area contributed by atoms with Crippen molar-refractivity contribution in [2.24, 2.45) is 0 Å². The van der Waals surface area contributed by atoms with Crippen molar-refractivity contribution in [3.05, 3.63) is 29.8 Å². The van der Waals surface area contributed by atoms with Crippen molar-refractivity contribution in [2.45, 2.75) is 38.2 Å². The van der Waals surface area contributed by atoms with Crippen LogP contribution in [-0.4, -0.2) is 12.4 Å². The fraction of sp³-hybridized carbons (Fsp3) is 0.462. The van der Waals surface area contributed by atoms with Gasteiger partial charge in [-0.2, -0.15) is 0 Å². The molecule has 1 aromatic rings. The number of aldehydes is 1. The second-order valence-corrected chi connectivity index (χ2v) is 4.19. The minimum Gasteiger partial charge on any atom is -0.490 e. The molecule has 2 nitrogen and oxygen atoms in total. The average Bonchev–Trinajstić information content (AvgIpc) is 3.03. The van der Waals surface area contributed by atoms with Crippen molar-refractivity contribution in [3.8, 4) is 5.75 Å². The first-order valence-electron chi connectivity index (χ1n) is 5.50. The lowest BCUT2D eigenvalue weighted by atomic mass is 9.99. The molecule has 0 heterocycles. The number of carbonyl (C=O) groups excluding carboxylic acids is 1. The van der Waals surface area contributed by atoms with Crippen LogP contribution in [0.2, 0.25) is 0 Å². The van der Waals surface area contributed by atoms with E-state index >= 15 is 0 Å². The fourth-order valence-corrected chi connectivity index (χ4v) is 1.53. The van der Waals surface area contributed by atoms with E-state index in [2.05, 4.69) is 6.92 Å². The summed E-state index contributed by atoms with van der Waals surface area (Å²) in [5, 5.41) is 0. The Morgan fingerprint density at radius 3 is 2.60 bits per heavy atom. The van der Waals surface area contributed by atoms with Gasteiger partial charge in [0.25, 0.3) is 0 Å². The molecule has 1 unspecified atom stereocenters. The van der Waals surface area contributed by atoms with Crippen LogP contribution >= 0.6 is 0 Å². The highest BCUT2D eigenvalue weighted by Crippen LogP contribution is 2.28. The van der Waals surface area contributed by atoms with Crippen LogP contribution in [0.25, 0.3) is 0 Å². The van der Waals surface area contributed by atoms with Crippen molar-refractivity contribution >= 4 is 6.29 Å². The number of hydrogen-bond acceptors (Lipinski definition) is 2. The van der Waals surface area contributed by atoms with Gasteiger partial charge >= 0.3 is 0 Å². The Kier molecular flexibility index (Phi) is 3.05. The van der Waals surface area contributed by atoms with Gasteiger partial charge in [-0.3, -0.25) is 0 Å². The molecular weight excluding hydrogens is 188 g/mol. The first-order chi connectivity index (χ1) is 7.29. The molecule has 0 amide bonds. The second-order valence-electron chi connectivity index (χ2n) is 4.19. The summed E-state index contributed by atoms with van der Waals surface area (Å²) in [6.45, 7) is 2.06. The van der Waals surface area contributed by atoms with Crippen molar-refractivity contribution in [1.82, 2.24) is 0 Å². The Balaban J connectivity index is 1.98. The highest BCUT2D eigenvalue weighted by molar-refractivity contribution is 5.51. The molecule has 0 saturated heterocycles. The van der Waals surface area contributed by atoms with Crippen LogP contribution in [0.1, 0.15) is 37.7 Å². The maximum absolute atomic E-state index is 10.4. The van der Waals surface area contributed by atoms with Gasteiger partial charge < -0.3 is 9.53 Å². The first-order valence-corrected chi connectivity index (χ1v) is 5.50. The summed E-state index contributed by atoms with van der Waals surface area (Å²) in [4.78, 5) is 10.4. The predicted octanol–water partition coefficient (Wildman–Crippen LogP) is 2.92. The Labute approximate surface area is 90.3 Å². The molecule has 1 aliphatic carbocycles. The van der Waals surface area contributed by atoms with E-state index < -0.39 is 0 Å². The molecule has 1 aliphatic rings. The Bertz CT molecular complexity index is 325. The highest BCUT2D eigenvalue weighted by Gasteiger charge is 2.23. The van der Waals surface area contributed by atoms with Gasteiger partial charge in [0.15, 0.2) is 0 Å². The van der Waals surface area contributed by atoms with Crippen molar-refractivity contribution in [1.29, 1.82) is 0 Å². The Morgan fingerprint density at radius 2 is 2.07 bits per heavy atom. The minimum absolute atomic E-state index is 0.303. The van der Waals surface area contributed by atoms with E-state index in [0.29, 0.717) is 18.4 Å². The molecule has 1 fully saturated rings.